The zero-order valence-electron chi connectivity index (χ0n) is 15.0. The van der Waals surface area contributed by atoms with Gasteiger partial charge in [0.25, 0.3) is 0 Å². The molecule has 3 rings (SSSR count). The van der Waals surface area contributed by atoms with E-state index in [2.05, 4.69) is 47.2 Å². The van der Waals surface area contributed by atoms with Crippen molar-refractivity contribution in [1.29, 1.82) is 5.26 Å². The molecular weight excluding hydrogens is 378 g/mol. The second-order valence-electron chi connectivity index (χ2n) is 7.00. The average molecular weight is 402 g/mol. The number of ether oxygens (including phenoxy) is 2. The third kappa shape index (κ3) is 3.11. The highest BCUT2D eigenvalue weighted by atomic mass is 79.9. The van der Waals surface area contributed by atoms with Gasteiger partial charge in [-0.15, -0.1) is 0 Å². The van der Waals surface area contributed by atoms with Gasteiger partial charge in [0.05, 0.1) is 30.2 Å². The largest absolute Gasteiger partial charge is 0.496 e. The predicted octanol–water partition coefficient (Wildman–Crippen LogP) is 5.77. The van der Waals surface area contributed by atoms with Crippen LogP contribution in [0.15, 0.2) is 40.4 Å². The molecule has 2 aliphatic carbocycles. The molecule has 0 amide bonds. The highest BCUT2D eigenvalue weighted by Crippen LogP contribution is 2.52. The van der Waals surface area contributed by atoms with Crippen molar-refractivity contribution in [2.24, 2.45) is 11.3 Å². The Morgan fingerprint density at radius 1 is 1.24 bits per heavy atom. The Morgan fingerprint density at radius 3 is 2.64 bits per heavy atom. The van der Waals surface area contributed by atoms with Crippen molar-refractivity contribution in [3.63, 3.8) is 0 Å². The topological polar surface area (TPSA) is 42.2 Å². The number of halogens is 1. The number of hydrogen-bond donors (Lipinski definition) is 0. The Balaban J connectivity index is 2.17. The van der Waals surface area contributed by atoms with Gasteiger partial charge in [-0.2, -0.15) is 5.26 Å². The predicted molar refractivity (Wildman–Crippen MR) is 103 cm³/mol. The second-order valence-corrected chi connectivity index (χ2v) is 7.79. The van der Waals surface area contributed by atoms with Crippen molar-refractivity contribution in [2.45, 2.75) is 38.5 Å². The van der Waals surface area contributed by atoms with Gasteiger partial charge in [0.1, 0.15) is 11.5 Å². The molecule has 0 aliphatic heterocycles. The summed E-state index contributed by atoms with van der Waals surface area (Å²) in [7, 11) is 3.38. The first-order chi connectivity index (χ1) is 12.1. The summed E-state index contributed by atoms with van der Waals surface area (Å²) in [5.74, 6) is 2.14. The van der Waals surface area contributed by atoms with Crippen LogP contribution in [0.4, 0.5) is 0 Å². The Bertz CT molecular complexity index is 762. The number of allylic oxidation sites excluding steroid dienone is 4. The molecule has 0 heterocycles. The number of nitriles is 1. The summed E-state index contributed by atoms with van der Waals surface area (Å²) < 4.78 is 12.1. The highest BCUT2D eigenvalue weighted by molar-refractivity contribution is 9.10. The van der Waals surface area contributed by atoms with Crippen LogP contribution in [0.3, 0.4) is 0 Å². The average Bonchev–Trinajstić information content (AvgIpc) is 2.79. The van der Waals surface area contributed by atoms with E-state index in [-0.39, 0.29) is 5.92 Å². The fourth-order valence-electron chi connectivity index (χ4n) is 4.22. The number of hydrogen-bond acceptors (Lipinski definition) is 3. The van der Waals surface area contributed by atoms with Crippen LogP contribution in [0.1, 0.15) is 44.1 Å². The molecule has 0 N–H and O–H groups in total. The quantitative estimate of drug-likeness (QED) is 0.603. The van der Waals surface area contributed by atoms with Gasteiger partial charge in [-0.3, -0.25) is 0 Å². The van der Waals surface area contributed by atoms with E-state index in [1.807, 2.05) is 12.1 Å². The zero-order valence-corrected chi connectivity index (χ0v) is 16.6. The van der Waals surface area contributed by atoms with E-state index in [1.54, 1.807) is 14.2 Å². The van der Waals surface area contributed by atoms with Gasteiger partial charge in [-0.1, -0.05) is 23.8 Å². The maximum absolute atomic E-state index is 9.83. The molecule has 3 unspecified atom stereocenters. The lowest BCUT2D eigenvalue weighted by Crippen LogP contribution is -2.26. The smallest absolute Gasteiger partial charge is 0.133 e. The van der Waals surface area contributed by atoms with Gasteiger partial charge >= 0.3 is 0 Å². The number of methoxy groups -OCH3 is 2. The second kappa shape index (κ2) is 7.25. The number of rotatable bonds is 3. The van der Waals surface area contributed by atoms with Crippen molar-refractivity contribution >= 4 is 15.9 Å². The van der Waals surface area contributed by atoms with E-state index in [9.17, 15) is 5.26 Å². The molecule has 3 atom stereocenters. The normalized spacial score (nSPS) is 28.4. The summed E-state index contributed by atoms with van der Waals surface area (Å²) in [5.41, 5.74) is 1.97. The molecule has 132 valence electrons. The van der Waals surface area contributed by atoms with Crippen molar-refractivity contribution in [2.75, 3.05) is 14.2 Å². The Morgan fingerprint density at radius 2 is 1.96 bits per heavy atom. The third-order valence-corrected chi connectivity index (χ3v) is 6.37. The maximum atomic E-state index is 9.83. The molecule has 0 bridgehead atoms. The highest BCUT2D eigenvalue weighted by Gasteiger charge is 2.40. The molecule has 1 aromatic carbocycles. The van der Waals surface area contributed by atoms with Crippen LogP contribution >= 0.6 is 15.9 Å². The molecular formula is C21H24BrNO2. The Kier molecular flexibility index (Phi) is 5.24. The van der Waals surface area contributed by atoms with Crippen molar-refractivity contribution in [3.8, 4) is 17.6 Å². The lowest BCUT2D eigenvalue weighted by Gasteiger charge is -2.36. The van der Waals surface area contributed by atoms with E-state index in [0.29, 0.717) is 5.92 Å². The van der Waals surface area contributed by atoms with Crippen LogP contribution in [0, 0.1) is 22.7 Å². The molecule has 0 spiro atoms. The Labute approximate surface area is 158 Å². The van der Waals surface area contributed by atoms with Crippen LogP contribution in [0.25, 0.3) is 0 Å². The first kappa shape index (κ1) is 18.1. The molecule has 0 saturated carbocycles. The minimum atomic E-state index is -0.422. The van der Waals surface area contributed by atoms with Gasteiger partial charge in [0.15, 0.2) is 0 Å². The first-order valence-electron chi connectivity index (χ1n) is 8.74. The summed E-state index contributed by atoms with van der Waals surface area (Å²) >= 11 is 3.73. The van der Waals surface area contributed by atoms with Crippen molar-refractivity contribution < 1.29 is 9.47 Å². The number of nitrogens with zero attached hydrogens (tertiary/aromatic N) is 1. The SMILES string of the molecule is COc1ccc(OC)c(C2C=CCC(C)(C#N)C3=CCCCC32)c1Br. The molecule has 0 radical (unpaired) electrons. The molecule has 1 aromatic rings. The summed E-state index contributed by atoms with van der Waals surface area (Å²) in [5, 5.41) is 9.83. The van der Waals surface area contributed by atoms with Gasteiger partial charge in [0, 0.05) is 11.5 Å². The fourth-order valence-corrected chi connectivity index (χ4v) is 4.97. The van der Waals surface area contributed by atoms with Crippen LogP contribution in [-0.2, 0) is 0 Å². The molecule has 25 heavy (non-hydrogen) atoms. The number of benzene rings is 1. The molecule has 3 nitrogen and oxygen atoms in total. The third-order valence-electron chi connectivity index (χ3n) is 5.55. The standard InChI is InChI=1S/C21H24BrNO2/c1-21(13-23)12-6-8-15(14-7-4-5-9-16(14)21)19-17(24-2)10-11-18(25-3)20(19)22/h6,8-11,14-15H,4-5,7,12H2,1-3H3. The lowest BCUT2D eigenvalue weighted by molar-refractivity contribution is 0.367. The van der Waals surface area contributed by atoms with Crippen molar-refractivity contribution in [3.05, 3.63) is 46.0 Å². The van der Waals surface area contributed by atoms with E-state index >= 15 is 0 Å². The fraction of sp³-hybridized carbons (Fsp3) is 0.476. The first-order valence-corrected chi connectivity index (χ1v) is 9.54. The summed E-state index contributed by atoms with van der Waals surface area (Å²) in [6.07, 6.45) is 10.8. The van der Waals surface area contributed by atoms with E-state index in [1.165, 1.54) is 5.57 Å². The van der Waals surface area contributed by atoms with Gasteiger partial charge in [0.2, 0.25) is 0 Å². The summed E-state index contributed by atoms with van der Waals surface area (Å²) in [4.78, 5) is 0. The van der Waals surface area contributed by atoms with E-state index < -0.39 is 5.41 Å². The zero-order chi connectivity index (χ0) is 18.0. The van der Waals surface area contributed by atoms with E-state index in [4.69, 9.17) is 9.47 Å². The minimum Gasteiger partial charge on any atom is -0.496 e. The van der Waals surface area contributed by atoms with Crippen LogP contribution < -0.4 is 9.47 Å². The summed E-state index contributed by atoms with van der Waals surface area (Å²) in [6.45, 7) is 2.07. The van der Waals surface area contributed by atoms with Gasteiger partial charge in [-0.25, -0.2) is 0 Å². The van der Waals surface area contributed by atoms with E-state index in [0.717, 1.165) is 47.2 Å². The molecule has 0 fully saturated rings. The van der Waals surface area contributed by atoms with Gasteiger partial charge < -0.3 is 9.47 Å². The monoisotopic (exact) mass is 401 g/mol. The molecule has 0 saturated heterocycles. The van der Waals surface area contributed by atoms with Crippen LogP contribution in [0.5, 0.6) is 11.5 Å². The van der Waals surface area contributed by atoms with Gasteiger partial charge in [-0.05, 0) is 66.6 Å². The molecule has 0 aromatic heterocycles. The minimum absolute atomic E-state index is 0.168. The van der Waals surface area contributed by atoms with Crippen molar-refractivity contribution in [1.82, 2.24) is 0 Å². The number of fused-ring (bicyclic) bond motifs is 1. The molecule has 2 aliphatic rings. The van der Waals surface area contributed by atoms with Crippen LogP contribution in [-0.4, -0.2) is 14.2 Å². The molecule has 4 heteroatoms. The lowest BCUT2D eigenvalue weighted by atomic mass is 9.67. The van der Waals surface area contributed by atoms with Crippen LogP contribution in [0.2, 0.25) is 0 Å². The maximum Gasteiger partial charge on any atom is 0.133 e. The Hall–Kier alpha value is -1.73. The summed E-state index contributed by atoms with van der Waals surface area (Å²) in [6, 6.07) is 6.46.